The van der Waals surface area contributed by atoms with E-state index >= 15 is 0 Å². The third-order valence-electron chi connectivity index (χ3n) is 4.32. The van der Waals surface area contributed by atoms with Gasteiger partial charge in [-0.1, -0.05) is 0 Å². The van der Waals surface area contributed by atoms with Crippen molar-refractivity contribution >= 4 is 0 Å². The third kappa shape index (κ3) is 1.97. The minimum Gasteiger partial charge on any atom is -0.507 e. The van der Waals surface area contributed by atoms with E-state index in [1.165, 1.54) is 12.0 Å². The van der Waals surface area contributed by atoms with E-state index in [4.69, 9.17) is 10.5 Å². The molecule has 0 aromatic heterocycles. The fourth-order valence-corrected chi connectivity index (χ4v) is 2.98. The van der Waals surface area contributed by atoms with Gasteiger partial charge in [0.05, 0.1) is 7.11 Å². The van der Waals surface area contributed by atoms with E-state index in [1.54, 1.807) is 7.11 Å². The number of phenols is 1. The number of phenolic OH excluding ortho intramolecular Hbond substituents is 1. The second-order valence-electron chi connectivity index (χ2n) is 5.79. The molecule has 0 radical (unpaired) electrons. The zero-order valence-corrected chi connectivity index (χ0v) is 11.0. The van der Waals surface area contributed by atoms with Gasteiger partial charge in [-0.25, -0.2) is 0 Å². The molecule has 0 spiro atoms. The topological polar surface area (TPSA) is 55.5 Å². The molecule has 0 unspecified atom stereocenters. The van der Waals surface area contributed by atoms with Crippen molar-refractivity contribution in [3.05, 3.63) is 22.8 Å². The molecule has 0 atom stereocenters. The largest absolute Gasteiger partial charge is 0.507 e. The summed E-state index contributed by atoms with van der Waals surface area (Å²) in [6.07, 6.45) is 7.20. The lowest BCUT2D eigenvalue weighted by molar-refractivity contribution is 0.397. The van der Waals surface area contributed by atoms with Crippen LogP contribution in [0.5, 0.6) is 11.5 Å². The average molecular weight is 247 g/mol. The Balaban J connectivity index is 2.03. The van der Waals surface area contributed by atoms with Crippen LogP contribution in [0.25, 0.3) is 0 Å². The second kappa shape index (κ2) is 4.16. The number of rotatable bonds is 3. The van der Waals surface area contributed by atoms with Gasteiger partial charge in [0.25, 0.3) is 0 Å². The SMILES string of the molecule is COc1cc(CC2(N)CC2)c(O)c2c1CCCC2. The Hall–Kier alpha value is -1.22. The minimum absolute atomic E-state index is 0.0780. The standard InChI is InChI=1S/C15H21NO2/c1-18-13-8-10(9-15(16)6-7-15)14(17)12-5-3-2-4-11(12)13/h8,17H,2-7,9,16H2,1H3. The molecule has 18 heavy (non-hydrogen) atoms. The summed E-state index contributed by atoms with van der Waals surface area (Å²) in [5.74, 6) is 1.41. The summed E-state index contributed by atoms with van der Waals surface area (Å²) < 4.78 is 5.49. The Morgan fingerprint density at radius 3 is 2.56 bits per heavy atom. The lowest BCUT2D eigenvalue weighted by Gasteiger charge is -2.23. The van der Waals surface area contributed by atoms with Crippen molar-refractivity contribution in [2.75, 3.05) is 7.11 Å². The van der Waals surface area contributed by atoms with Gasteiger partial charge in [0.15, 0.2) is 0 Å². The van der Waals surface area contributed by atoms with Gasteiger partial charge in [0.2, 0.25) is 0 Å². The first-order chi connectivity index (χ1) is 8.63. The Bertz CT molecular complexity index is 478. The van der Waals surface area contributed by atoms with E-state index in [-0.39, 0.29) is 5.54 Å². The monoisotopic (exact) mass is 247 g/mol. The number of aromatic hydroxyl groups is 1. The Kier molecular flexibility index (Phi) is 2.74. The van der Waals surface area contributed by atoms with Gasteiger partial charge in [-0.2, -0.15) is 0 Å². The van der Waals surface area contributed by atoms with Crippen molar-refractivity contribution in [3.8, 4) is 11.5 Å². The van der Waals surface area contributed by atoms with Crippen molar-refractivity contribution in [1.29, 1.82) is 0 Å². The van der Waals surface area contributed by atoms with Crippen LogP contribution in [0.3, 0.4) is 0 Å². The zero-order valence-electron chi connectivity index (χ0n) is 11.0. The highest BCUT2D eigenvalue weighted by Crippen LogP contribution is 2.43. The van der Waals surface area contributed by atoms with Crippen LogP contribution < -0.4 is 10.5 Å². The molecule has 3 rings (SSSR count). The number of hydrogen-bond acceptors (Lipinski definition) is 3. The van der Waals surface area contributed by atoms with E-state index < -0.39 is 0 Å². The zero-order chi connectivity index (χ0) is 12.8. The molecule has 3 N–H and O–H groups in total. The Morgan fingerprint density at radius 2 is 1.94 bits per heavy atom. The first-order valence-electron chi connectivity index (χ1n) is 6.82. The van der Waals surface area contributed by atoms with Gasteiger partial charge in [-0.05, 0) is 56.6 Å². The molecular weight excluding hydrogens is 226 g/mol. The number of hydrogen-bond donors (Lipinski definition) is 2. The van der Waals surface area contributed by atoms with Crippen LogP contribution in [-0.4, -0.2) is 17.8 Å². The summed E-state index contributed by atoms with van der Waals surface area (Å²) in [7, 11) is 1.71. The smallest absolute Gasteiger partial charge is 0.122 e. The van der Waals surface area contributed by atoms with Gasteiger partial charge < -0.3 is 15.6 Å². The summed E-state index contributed by atoms with van der Waals surface area (Å²) in [6, 6.07) is 1.99. The summed E-state index contributed by atoms with van der Waals surface area (Å²) in [5, 5.41) is 10.4. The predicted octanol–water partition coefficient (Wildman–Crippen LogP) is 2.31. The van der Waals surface area contributed by atoms with E-state index in [9.17, 15) is 5.11 Å². The van der Waals surface area contributed by atoms with Crippen LogP contribution in [0.1, 0.15) is 42.4 Å². The van der Waals surface area contributed by atoms with Gasteiger partial charge in [-0.15, -0.1) is 0 Å². The van der Waals surface area contributed by atoms with E-state index in [0.717, 1.165) is 55.4 Å². The molecule has 2 aliphatic rings. The molecular formula is C15H21NO2. The molecule has 0 bridgehead atoms. The number of benzene rings is 1. The molecule has 1 aromatic rings. The predicted molar refractivity (Wildman–Crippen MR) is 71.2 cm³/mol. The first-order valence-corrected chi connectivity index (χ1v) is 6.82. The van der Waals surface area contributed by atoms with E-state index in [1.807, 2.05) is 6.07 Å². The molecule has 1 fully saturated rings. The van der Waals surface area contributed by atoms with Crippen molar-refractivity contribution < 1.29 is 9.84 Å². The van der Waals surface area contributed by atoms with E-state index in [0.29, 0.717) is 5.75 Å². The molecule has 3 nitrogen and oxygen atoms in total. The highest BCUT2D eigenvalue weighted by Gasteiger charge is 2.39. The molecule has 1 aromatic carbocycles. The molecule has 0 aliphatic heterocycles. The highest BCUT2D eigenvalue weighted by atomic mass is 16.5. The quantitative estimate of drug-likeness (QED) is 0.861. The fourth-order valence-electron chi connectivity index (χ4n) is 2.98. The maximum Gasteiger partial charge on any atom is 0.122 e. The van der Waals surface area contributed by atoms with Gasteiger partial charge in [0.1, 0.15) is 11.5 Å². The third-order valence-corrected chi connectivity index (χ3v) is 4.32. The van der Waals surface area contributed by atoms with Crippen LogP contribution in [0.2, 0.25) is 0 Å². The molecule has 98 valence electrons. The fraction of sp³-hybridized carbons (Fsp3) is 0.600. The molecule has 1 saturated carbocycles. The highest BCUT2D eigenvalue weighted by molar-refractivity contribution is 5.54. The summed E-state index contributed by atoms with van der Waals surface area (Å²) in [5.41, 5.74) is 9.35. The lowest BCUT2D eigenvalue weighted by Crippen LogP contribution is -2.24. The van der Waals surface area contributed by atoms with Crippen molar-refractivity contribution in [1.82, 2.24) is 0 Å². The number of fused-ring (bicyclic) bond motifs is 1. The number of nitrogens with two attached hydrogens (primary N) is 1. The Labute approximate surface area is 108 Å². The second-order valence-corrected chi connectivity index (χ2v) is 5.79. The minimum atomic E-state index is -0.0780. The molecule has 2 aliphatic carbocycles. The lowest BCUT2D eigenvalue weighted by atomic mass is 9.87. The van der Waals surface area contributed by atoms with Gasteiger partial charge >= 0.3 is 0 Å². The maximum absolute atomic E-state index is 10.4. The van der Waals surface area contributed by atoms with Crippen LogP contribution in [0.4, 0.5) is 0 Å². The summed E-state index contributed by atoms with van der Waals surface area (Å²) in [6.45, 7) is 0. The van der Waals surface area contributed by atoms with Crippen LogP contribution >= 0.6 is 0 Å². The molecule has 3 heteroatoms. The summed E-state index contributed by atoms with van der Waals surface area (Å²) >= 11 is 0. The van der Waals surface area contributed by atoms with Crippen LogP contribution in [0.15, 0.2) is 6.07 Å². The normalized spacial score (nSPS) is 20.3. The van der Waals surface area contributed by atoms with Crippen molar-refractivity contribution in [2.24, 2.45) is 5.73 Å². The van der Waals surface area contributed by atoms with Crippen molar-refractivity contribution in [2.45, 2.75) is 50.5 Å². The van der Waals surface area contributed by atoms with Crippen LogP contribution in [0, 0.1) is 0 Å². The van der Waals surface area contributed by atoms with E-state index in [2.05, 4.69) is 0 Å². The van der Waals surface area contributed by atoms with Crippen molar-refractivity contribution in [3.63, 3.8) is 0 Å². The number of ether oxygens (including phenoxy) is 1. The van der Waals surface area contributed by atoms with Crippen LogP contribution in [-0.2, 0) is 19.3 Å². The Morgan fingerprint density at radius 1 is 1.28 bits per heavy atom. The molecule has 0 saturated heterocycles. The maximum atomic E-state index is 10.4. The van der Waals surface area contributed by atoms with Gasteiger partial charge in [-0.3, -0.25) is 0 Å². The first kappa shape index (κ1) is 11.8. The molecule has 0 amide bonds. The summed E-state index contributed by atoms with van der Waals surface area (Å²) in [4.78, 5) is 0. The van der Waals surface area contributed by atoms with Gasteiger partial charge in [0, 0.05) is 16.7 Å². The number of methoxy groups -OCH3 is 1. The average Bonchev–Trinajstić information content (AvgIpc) is 3.11. The molecule has 0 heterocycles.